The number of sulfonamides is 1. The number of anilines is 1. The van der Waals surface area contributed by atoms with Crippen molar-refractivity contribution in [3.63, 3.8) is 0 Å². The topological polar surface area (TPSA) is 75.7 Å². The molecule has 0 aromatic heterocycles. The predicted molar refractivity (Wildman–Crippen MR) is 108 cm³/mol. The van der Waals surface area contributed by atoms with Gasteiger partial charge in [0.2, 0.25) is 15.9 Å². The number of carbonyl (C=O) groups excluding carboxylic acids is 1. The van der Waals surface area contributed by atoms with E-state index in [2.05, 4.69) is 5.32 Å². The zero-order valence-electron chi connectivity index (χ0n) is 15.5. The van der Waals surface area contributed by atoms with E-state index in [-0.39, 0.29) is 19.7 Å². The second kappa shape index (κ2) is 9.10. The fraction of sp³-hybridized carbons (Fsp3) is 0.316. The van der Waals surface area contributed by atoms with Crippen LogP contribution in [0, 0.1) is 13.8 Å². The van der Waals surface area contributed by atoms with Crippen LogP contribution in [-0.4, -0.2) is 40.3 Å². The highest BCUT2D eigenvalue weighted by Gasteiger charge is 2.21. The first-order chi connectivity index (χ1) is 12.7. The van der Waals surface area contributed by atoms with Crippen LogP contribution in [0.2, 0.25) is 5.02 Å². The van der Waals surface area contributed by atoms with Gasteiger partial charge < -0.3 is 10.1 Å². The zero-order chi connectivity index (χ0) is 20.0. The number of nitrogens with zero attached hydrogens (tertiary/aromatic N) is 1. The van der Waals surface area contributed by atoms with Crippen LogP contribution in [0.4, 0.5) is 5.69 Å². The average molecular weight is 411 g/mol. The highest BCUT2D eigenvalue weighted by atomic mass is 35.5. The number of ether oxygens (including phenoxy) is 1. The molecule has 0 aliphatic heterocycles. The summed E-state index contributed by atoms with van der Waals surface area (Å²) in [4.78, 5) is 12.2. The molecule has 1 N–H and O–H groups in total. The van der Waals surface area contributed by atoms with Crippen LogP contribution in [0.3, 0.4) is 0 Å². The molecule has 2 rings (SSSR count). The summed E-state index contributed by atoms with van der Waals surface area (Å²) in [7, 11) is -3.59. The van der Waals surface area contributed by atoms with Gasteiger partial charge in [-0.1, -0.05) is 17.7 Å². The SMILES string of the molecule is Cc1ccc(N(CC(=O)NCCOc2ccc(Cl)cc2)S(C)(=O)=O)cc1C. The first-order valence-electron chi connectivity index (χ1n) is 8.37. The van der Waals surface area contributed by atoms with Crippen molar-refractivity contribution in [1.29, 1.82) is 0 Å². The van der Waals surface area contributed by atoms with Gasteiger partial charge in [0, 0.05) is 5.02 Å². The van der Waals surface area contributed by atoms with Crippen LogP contribution >= 0.6 is 11.6 Å². The van der Waals surface area contributed by atoms with Crippen LogP contribution in [-0.2, 0) is 14.8 Å². The molecule has 0 aliphatic carbocycles. The van der Waals surface area contributed by atoms with Gasteiger partial charge in [-0.3, -0.25) is 9.10 Å². The fourth-order valence-electron chi connectivity index (χ4n) is 2.36. The number of hydrogen-bond acceptors (Lipinski definition) is 4. The van der Waals surface area contributed by atoms with Crippen molar-refractivity contribution in [3.05, 3.63) is 58.6 Å². The van der Waals surface area contributed by atoms with E-state index < -0.39 is 15.9 Å². The minimum absolute atomic E-state index is 0.256. The molecule has 8 heteroatoms. The van der Waals surface area contributed by atoms with E-state index in [1.807, 2.05) is 19.9 Å². The van der Waals surface area contributed by atoms with E-state index in [0.717, 1.165) is 21.7 Å². The molecule has 0 spiro atoms. The van der Waals surface area contributed by atoms with Gasteiger partial charge in [0.25, 0.3) is 0 Å². The van der Waals surface area contributed by atoms with Crippen molar-refractivity contribution in [1.82, 2.24) is 5.32 Å². The van der Waals surface area contributed by atoms with Gasteiger partial charge in [0.1, 0.15) is 18.9 Å². The summed E-state index contributed by atoms with van der Waals surface area (Å²) in [5, 5.41) is 3.28. The lowest BCUT2D eigenvalue weighted by molar-refractivity contribution is -0.119. The number of benzene rings is 2. The molecule has 0 heterocycles. The second-order valence-electron chi connectivity index (χ2n) is 6.19. The van der Waals surface area contributed by atoms with Crippen LogP contribution in [0.25, 0.3) is 0 Å². The van der Waals surface area contributed by atoms with E-state index in [4.69, 9.17) is 16.3 Å². The standard InChI is InChI=1S/C19H23ClN2O4S/c1-14-4-7-17(12-15(14)2)22(27(3,24)25)13-19(23)21-10-11-26-18-8-5-16(20)6-9-18/h4-9,12H,10-11,13H2,1-3H3,(H,21,23). The molecule has 0 bridgehead atoms. The van der Waals surface area contributed by atoms with E-state index >= 15 is 0 Å². The van der Waals surface area contributed by atoms with Gasteiger partial charge in [-0.15, -0.1) is 0 Å². The van der Waals surface area contributed by atoms with Gasteiger partial charge in [-0.25, -0.2) is 8.42 Å². The molecular weight excluding hydrogens is 388 g/mol. The maximum Gasteiger partial charge on any atom is 0.240 e. The quantitative estimate of drug-likeness (QED) is 0.679. The summed E-state index contributed by atoms with van der Waals surface area (Å²) in [6.45, 7) is 4.06. The molecule has 0 saturated carbocycles. The smallest absolute Gasteiger partial charge is 0.240 e. The Kier molecular flexibility index (Phi) is 7.10. The van der Waals surface area contributed by atoms with Gasteiger partial charge in [-0.05, 0) is 61.4 Å². The third-order valence-corrected chi connectivity index (χ3v) is 5.37. The Bertz CT molecular complexity index is 898. The van der Waals surface area contributed by atoms with Crippen molar-refractivity contribution in [2.75, 3.05) is 30.3 Å². The number of hydrogen-bond donors (Lipinski definition) is 1. The number of halogens is 1. The summed E-state index contributed by atoms with van der Waals surface area (Å²) < 4.78 is 30.8. The third-order valence-electron chi connectivity index (χ3n) is 3.97. The van der Waals surface area contributed by atoms with Crippen molar-refractivity contribution in [3.8, 4) is 5.75 Å². The lowest BCUT2D eigenvalue weighted by atomic mass is 10.1. The Morgan fingerprint density at radius 2 is 1.78 bits per heavy atom. The maximum absolute atomic E-state index is 12.2. The number of carbonyl (C=O) groups is 1. The van der Waals surface area contributed by atoms with E-state index in [9.17, 15) is 13.2 Å². The Morgan fingerprint density at radius 1 is 1.11 bits per heavy atom. The lowest BCUT2D eigenvalue weighted by Crippen LogP contribution is -2.41. The molecule has 0 fully saturated rings. The predicted octanol–water partition coefficient (Wildman–Crippen LogP) is 2.92. The van der Waals surface area contributed by atoms with Crippen LogP contribution in [0.15, 0.2) is 42.5 Å². The minimum Gasteiger partial charge on any atom is -0.492 e. The molecule has 0 radical (unpaired) electrons. The van der Waals surface area contributed by atoms with Crippen molar-refractivity contribution in [2.45, 2.75) is 13.8 Å². The number of nitrogens with one attached hydrogen (secondary N) is 1. The van der Waals surface area contributed by atoms with E-state index in [0.29, 0.717) is 16.5 Å². The fourth-order valence-corrected chi connectivity index (χ4v) is 3.33. The van der Waals surface area contributed by atoms with Crippen LogP contribution in [0.1, 0.15) is 11.1 Å². The van der Waals surface area contributed by atoms with E-state index in [1.165, 1.54) is 0 Å². The molecule has 1 amide bonds. The summed E-state index contributed by atoms with van der Waals surface area (Å²) in [6, 6.07) is 12.2. The Hall–Kier alpha value is -2.25. The largest absolute Gasteiger partial charge is 0.492 e. The van der Waals surface area contributed by atoms with Gasteiger partial charge in [0.05, 0.1) is 18.5 Å². The summed E-state index contributed by atoms with van der Waals surface area (Å²) in [5.41, 5.74) is 2.47. The Morgan fingerprint density at radius 3 is 2.37 bits per heavy atom. The monoisotopic (exact) mass is 410 g/mol. The average Bonchev–Trinajstić information content (AvgIpc) is 2.60. The molecule has 27 heavy (non-hydrogen) atoms. The highest BCUT2D eigenvalue weighted by molar-refractivity contribution is 7.92. The molecule has 2 aromatic carbocycles. The minimum atomic E-state index is -3.59. The molecule has 0 atom stereocenters. The first-order valence-corrected chi connectivity index (χ1v) is 10.6. The van der Waals surface area contributed by atoms with Gasteiger partial charge in [-0.2, -0.15) is 0 Å². The Balaban J connectivity index is 1.92. The van der Waals surface area contributed by atoms with Crippen LogP contribution < -0.4 is 14.4 Å². The molecule has 0 aliphatic rings. The van der Waals surface area contributed by atoms with Crippen molar-refractivity contribution >= 4 is 33.2 Å². The maximum atomic E-state index is 12.2. The molecule has 146 valence electrons. The molecule has 0 saturated heterocycles. The van der Waals surface area contributed by atoms with Crippen LogP contribution in [0.5, 0.6) is 5.75 Å². The van der Waals surface area contributed by atoms with Gasteiger partial charge >= 0.3 is 0 Å². The third kappa shape index (κ3) is 6.45. The number of rotatable bonds is 8. The van der Waals surface area contributed by atoms with Gasteiger partial charge in [0.15, 0.2) is 0 Å². The molecular formula is C19H23ClN2O4S. The molecule has 6 nitrogen and oxygen atoms in total. The summed E-state index contributed by atoms with van der Waals surface area (Å²) in [5.74, 6) is 0.236. The zero-order valence-corrected chi connectivity index (χ0v) is 17.1. The van der Waals surface area contributed by atoms with E-state index in [1.54, 1.807) is 36.4 Å². The summed E-state index contributed by atoms with van der Waals surface area (Å²) in [6.07, 6.45) is 1.08. The first kappa shape index (κ1) is 21.1. The summed E-state index contributed by atoms with van der Waals surface area (Å²) >= 11 is 5.80. The lowest BCUT2D eigenvalue weighted by Gasteiger charge is -2.22. The van der Waals surface area contributed by atoms with Crippen molar-refractivity contribution in [2.24, 2.45) is 0 Å². The highest BCUT2D eigenvalue weighted by Crippen LogP contribution is 2.21. The number of amides is 1. The van der Waals surface area contributed by atoms with Crippen molar-refractivity contribution < 1.29 is 17.9 Å². The number of aryl methyl sites for hydroxylation is 2. The normalized spacial score (nSPS) is 11.1. The Labute approximate surface area is 165 Å². The molecule has 2 aromatic rings. The second-order valence-corrected chi connectivity index (χ2v) is 8.53. The molecule has 0 unspecified atom stereocenters.